The lowest BCUT2D eigenvalue weighted by Gasteiger charge is -2.26. The van der Waals surface area contributed by atoms with E-state index in [-0.39, 0.29) is 17.5 Å². The lowest BCUT2D eigenvalue weighted by atomic mass is 10.2. The van der Waals surface area contributed by atoms with Gasteiger partial charge in [0.25, 0.3) is 11.8 Å². The minimum absolute atomic E-state index is 0.163. The maximum Gasteiger partial charge on any atom is 0.272 e. The van der Waals surface area contributed by atoms with Crippen LogP contribution in [0.4, 0.5) is 0 Å². The third kappa shape index (κ3) is 4.22. The molecule has 0 atom stereocenters. The summed E-state index contributed by atoms with van der Waals surface area (Å²) < 4.78 is 5.26. The normalized spacial score (nSPS) is 14.2. The lowest BCUT2D eigenvalue weighted by molar-refractivity contribution is 0.0299. The largest absolute Gasteiger partial charge is 0.378 e. The first-order valence-corrected chi connectivity index (χ1v) is 8.28. The zero-order valence-electron chi connectivity index (χ0n) is 14.2. The van der Waals surface area contributed by atoms with E-state index in [2.05, 4.69) is 4.98 Å². The predicted octanol–water partition coefficient (Wildman–Crippen LogP) is 1.83. The number of amides is 2. The van der Waals surface area contributed by atoms with Crippen molar-refractivity contribution in [3.63, 3.8) is 0 Å². The third-order valence-corrected chi connectivity index (χ3v) is 4.09. The summed E-state index contributed by atoms with van der Waals surface area (Å²) in [4.78, 5) is 32.7. The van der Waals surface area contributed by atoms with Crippen molar-refractivity contribution in [3.8, 4) is 0 Å². The van der Waals surface area contributed by atoms with E-state index in [1.807, 2.05) is 30.3 Å². The number of hydrogen-bond donors (Lipinski definition) is 0. The maximum absolute atomic E-state index is 12.6. The minimum Gasteiger partial charge on any atom is -0.378 e. The molecular formula is C19H21N3O3. The van der Waals surface area contributed by atoms with Crippen LogP contribution in [0.25, 0.3) is 0 Å². The highest BCUT2D eigenvalue weighted by Crippen LogP contribution is 2.10. The Balaban J connectivity index is 1.71. The maximum atomic E-state index is 12.6. The summed E-state index contributed by atoms with van der Waals surface area (Å²) in [5.41, 5.74) is 1.61. The molecule has 1 aromatic carbocycles. The lowest BCUT2D eigenvalue weighted by Crippen LogP contribution is -2.41. The quantitative estimate of drug-likeness (QED) is 0.852. The highest BCUT2D eigenvalue weighted by atomic mass is 16.5. The summed E-state index contributed by atoms with van der Waals surface area (Å²) in [5, 5.41) is 0. The number of ether oxygens (including phenoxy) is 1. The van der Waals surface area contributed by atoms with Crippen molar-refractivity contribution in [2.45, 2.75) is 6.54 Å². The number of benzene rings is 1. The average molecular weight is 339 g/mol. The highest BCUT2D eigenvalue weighted by Gasteiger charge is 2.21. The molecule has 0 saturated carbocycles. The fraction of sp³-hybridized carbons (Fsp3) is 0.316. The van der Waals surface area contributed by atoms with Crippen molar-refractivity contribution in [3.05, 3.63) is 65.5 Å². The zero-order valence-corrected chi connectivity index (χ0v) is 14.2. The van der Waals surface area contributed by atoms with Crippen molar-refractivity contribution >= 4 is 11.8 Å². The second kappa shape index (κ2) is 7.90. The van der Waals surface area contributed by atoms with E-state index < -0.39 is 0 Å². The summed E-state index contributed by atoms with van der Waals surface area (Å²) in [5.74, 6) is -0.371. The van der Waals surface area contributed by atoms with Crippen LogP contribution in [0.2, 0.25) is 0 Å². The van der Waals surface area contributed by atoms with Gasteiger partial charge in [-0.25, -0.2) is 4.98 Å². The molecule has 0 unspecified atom stereocenters. The van der Waals surface area contributed by atoms with Crippen LogP contribution >= 0.6 is 0 Å². The van der Waals surface area contributed by atoms with E-state index in [0.29, 0.717) is 38.5 Å². The van der Waals surface area contributed by atoms with Gasteiger partial charge in [-0.05, 0) is 17.7 Å². The zero-order chi connectivity index (χ0) is 17.6. The van der Waals surface area contributed by atoms with Crippen molar-refractivity contribution < 1.29 is 14.3 Å². The second-order valence-corrected chi connectivity index (χ2v) is 5.96. The van der Waals surface area contributed by atoms with E-state index in [0.717, 1.165) is 5.56 Å². The summed E-state index contributed by atoms with van der Waals surface area (Å²) in [6.45, 7) is 2.65. The van der Waals surface area contributed by atoms with Crippen molar-refractivity contribution in [1.82, 2.24) is 14.8 Å². The number of carbonyl (C=O) groups is 2. The summed E-state index contributed by atoms with van der Waals surface area (Å²) in [7, 11) is 1.73. The molecule has 0 spiro atoms. The van der Waals surface area contributed by atoms with Crippen LogP contribution in [0.1, 0.15) is 26.5 Å². The van der Waals surface area contributed by atoms with Gasteiger partial charge in [-0.1, -0.05) is 36.4 Å². The van der Waals surface area contributed by atoms with Crippen LogP contribution in [-0.4, -0.2) is 59.9 Å². The molecule has 1 saturated heterocycles. The highest BCUT2D eigenvalue weighted by molar-refractivity contribution is 5.96. The number of carbonyl (C=O) groups excluding carboxylic acids is 2. The van der Waals surface area contributed by atoms with E-state index >= 15 is 0 Å². The molecule has 0 bridgehead atoms. The molecule has 0 aliphatic carbocycles. The first-order valence-electron chi connectivity index (χ1n) is 8.28. The molecule has 25 heavy (non-hydrogen) atoms. The Morgan fingerprint density at radius 1 is 1.04 bits per heavy atom. The molecule has 1 aliphatic heterocycles. The third-order valence-electron chi connectivity index (χ3n) is 4.09. The monoisotopic (exact) mass is 339 g/mol. The molecule has 6 heteroatoms. The van der Waals surface area contributed by atoms with Crippen LogP contribution in [0.3, 0.4) is 0 Å². The first-order chi connectivity index (χ1) is 12.1. The number of aromatic nitrogens is 1. The molecular weight excluding hydrogens is 318 g/mol. The second-order valence-electron chi connectivity index (χ2n) is 5.96. The number of rotatable bonds is 4. The standard InChI is InChI=1S/C19H21N3O3/c1-21(14-15-6-3-2-4-7-15)18(23)16-8-5-9-17(20-16)19(24)22-10-12-25-13-11-22/h2-9H,10-14H2,1H3. The number of hydrogen-bond acceptors (Lipinski definition) is 4. The summed E-state index contributed by atoms with van der Waals surface area (Å²) in [6, 6.07) is 14.7. The molecule has 2 heterocycles. The van der Waals surface area contributed by atoms with Gasteiger partial charge in [-0.2, -0.15) is 0 Å². The molecule has 1 aromatic heterocycles. The van der Waals surface area contributed by atoms with Crippen molar-refractivity contribution in [2.75, 3.05) is 33.4 Å². The molecule has 2 aromatic rings. The molecule has 0 N–H and O–H groups in total. The average Bonchev–Trinajstić information content (AvgIpc) is 2.68. The van der Waals surface area contributed by atoms with E-state index in [1.54, 1.807) is 35.0 Å². The van der Waals surface area contributed by atoms with Crippen LogP contribution < -0.4 is 0 Å². The Morgan fingerprint density at radius 2 is 1.72 bits per heavy atom. The Hall–Kier alpha value is -2.73. The van der Waals surface area contributed by atoms with Gasteiger partial charge in [0.2, 0.25) is 0 Å². The minimum atomic E-state index is -0.208. The number of nitrogens with zero attached hydrogens (tertiary/aromatic N) is 3. The molecule has 6 nitrogen and oxygen atoms in total. The van der Waals surface area contributed by atoms with Crippen LogP contribution in [0.15, 0.2) is 48.5 Å². The summed E-state index contributed by atoms with van der Waals surface area (Å²) >= 11 is 0. The van der Waals surface area contributed by atoms with Crippen LogP contribution in [0.5, 0.6) is 0 Å². The SMILES string of the molecule is CN(Cc1ccccc1)C(=O)c1cccc(C(=O)N2CCOCC2)n1. The molecule has 0 radical (unpaired) electrons. The van der Waals surface area contributed by atoms with Crippen LogP contribution in [0, 0.1) is 0 Å². The van der Waals surface area contributed by atoms with Gasteiger partial charge in [0.1, 0.15) is 11.4 Å². The fourth-order valence-corrected chi connectivity index (χ4v) is 2.73. The van der Waals surface area contributed by atoms with Gasteiger partial charge in [0, 0.05) is 26.7 Å². The Bertz CT molecular complexity index is 743. The van der Waals surface area contributed by atoms with Gasteiger partial charge < -0.3 is 14.5 Å². The smallest absolute Gasteiger partial charge is 0.272 e. The van der Waals surface area contributed by atoms with Gasteiger partial charge in [0.05, 0.1) is 13.2 Å². The van der Waals surface area contributed by atoms with Gasteiger partial charge in [0.15, 0.2) is 0 Å². The van der Waals surface area contributed by atoms with Crippen molar-refractivity contribution in [2.24, 2.45) is 0 Å². The fourth-order valence-electron chi connectivity index (χ4n) is 2.73. The molecule has 130 valence electrons. The van der Waals surface area contributed by atoms with Crippen LogP contribution in [-0.2, 0) is 11.3 Å². The Kier molecular flexibility index (Phi) is 5.40. The van der Waals surface area contributed by atoms with Crippen molar-refractivity contribution in [1.29, 1.82) is 0 Å². The number of pyridine rings is 1. The van der Waals surface area contributed by atoms with E-state index in [9.17, 15) is 9.59 Å². The van der Waals surface area contributed by atoms with Gasteiger partial charge in [-0.15, -0.1) is 0 Å². The molecule has 1 aliphatic rings. The van der Waals surface area contributed by atoms with E-state index in [4.69, 9.17) is 4.74 Å². The molecule has 2 amide bonds. The van der Waals surface area contributed by atoms with Gasteiger partial charge in [-0.3, -0.25) is 9.59 Å². The first kappa shape index (κ1) is 17.1. The summed E-state index contributed by atoms with van der Waals surface area (Å²) in [6.07, 6.45) is 0. The Morgan fingerprint density at radius 3 is 2.44 bits per heavy atom. The molecule has 3 rings (SSSR count). The Labute approximate surface area is 147 Å². The van der Waals surface area contributed by atoms with E-state index in [1.165, 1.54) is 0 Å². The predicted molar refractivity (Wildman–Crippen MR) is 93.2 cm³/mol. The van der Waals surface area contributed by atoms with Gasteiger partial charge >= 0.3 is 0 Å². The number of morpholine rings is 1. The topological polar surface area (TPSA) is 62.7 Å². The molecule has 1 fully saturated rings.